The molecule has 0 unspecified atom stereocenters. The minimum Gasteiger partial charge on any atom is -0.429 e. The summed E-state index contributed by atoms with van der Waals surface area (Å²) in [4.78, 5) is 0. The van der Waals surface area contributed by atoms with Gasteiger partial charge >= 0.3 is 12.3 Å². The SMILES string of the molecule is CCCCc1cc(F)c(C(F)(F)Oc2ccc(C#Cc3cc(F)c(-c4cc(F)c(C(F)(F)F)c(F)c4)c(F)c3)cc2)c(F)c1. The molecule has 0 radical (unpaired) electrons. The monoisotopic (exact) mass is 628 g/mol. The molecule has 230 valence electrons. The van der Waals surface area contributed by atoms with E-state index >= 15 is 0 Å². The first kappa shape index (κ1) is 32.4. The summed E-state index contributed by atoms with van der Waals surface area (Å²) >= 11 is 0. The van der Waals surface area contributed by atoms with Gasteiger partial charge in [0.25, 0.3) is 0 Å². The lowest BCUT2D eigenvalue weighted by molar-refractivity contribution is -0.189. The Morgan fingerprint density at radius 1 is 0.614 bits per heavy atom. The normalized spacial score (nSPS) is 11.7. The van der Waals surface area contributed by atoms with Gasteiger partial charge < -0.3 is 4.74 Å². The summed E-state index contributed by atoms with van der Waals surface area (Å²) in [6.45, 7) is 1.86. The van der Waals surface area contributed by atoms with E-state index in [0.717, 1.165) is 30.7 Å². The number of unbranched alkanes of at least 4 members (excludes halogenated alkanes) is 1. The van der Waals surface area contributed by atoms with Gasteiger partial charge in [0.15, 0.2) is 0 Å². The van der Waals surface area contributed by atoms with E-state index in [1.165, 1.54) is 12.1 Å². The maximum Gasteiger partial charge on any atom is 0.432 e. The average molecular weight is 628 g/mol. The molecule has 0 aliphatic heterocycles. The summed E-state index contributed by atoms with van der Waals surface area (Å²) < 4.78 is 158. The summed E-state index contributed by atoms with van der Waals surface area (Å²) in [7, 11) is 0. The second-order valence-corrected chi connectivity index (χ2v) is 9.56. The number of ether oxygens (including phenoxy) is 1. The van der Waals surface area contributed by atoms with Crippen molar-refractivity contribution in [1.29, 1.82) is 0 Å². The van der Waals surface area contributed by atoms with E-state index in [4.69, 9.17) is 0 Å². The standard InChI is InChI=1S/C32H19F11O/c1-2-3-4-18-13-24(35)30(25(36)14-18)32(42,43)44-21-9-7-17(8-10-21)5-6-19-11-22(33)28(23(34)12-19)20-15-26(37)29(27(38)16-20)31(39,40)41/h7-16H,2-4H2,1H3. The molecule has 1 nitrogen and oxygen atoms in total. The fourth-order valence-electron chi connectivity index (χ4n) is 4.29. The van der Waals surface area contributed by atoms with E-state index in [-0.39, 0.29) is 28.8 Å². The fourth-order valence-corrected chi connectivity index (χ4v) is 4.29. The van der Waals surface area contributed by atoms with Crippen molar-refractivity contribution in [2.24, 2.45) is 0 Å². The predicted octanol–water partition coefficient (Wildman–Crippen LogP) is 10.1. The van der Waals surface area contributed by atoms with Gasteiger partial charge in [0, 0.05) is 11.1 Å². The van der Waals surface area contributed by atoms with Gasteiger partial charge in [-0.05, 0) is 84.6 Å². The molecule has 0 saturated carbocycles. The molecule has 4 aromatic rings. The molecule has 4 rings (SSSR count). The average Bonchev–Trinajstić information content (AvgIpc) is 2.89. The Morgan fingerprint density at radius 2 is 1.11 bits per heavy atom. The highest BCUT2D eigenvalue weighted by molar-refractivity contribution is 5.67. The van der Waals surface area contributed by atoms with Crippen molar-refractivity contribution in [1.82, 2.24) is 0 Å². The summed E-state index contributed by atoms with van der Waals surface area (Å²) in [6.07, 6.45) is -8.09. The number of alkyl halides is 5. The van der Waals surface area contributed by atoms with Crippen LogP contribution in [-0.4, -0.2) is 0 Å². The highest BCUT2D eigenvalue weighted by atomic mass is 19.4. The van der Waals surface area contributed by atoms with E-state index in [2.05, 4.69) is 16.6 Å². The largest absolute Gasteiger partial charge is 0.432 e. The molecular weight excluding hydrogens is 609 g/mol. The van der Waals surface area contributed by atoms with Gasteiger partial charge in [0.2, 0.25) is 0 Å². The van der Waals surface area contributed by atoms with Crippen LogP contribution in [0.2, 0.25) is 0 Å². The van der Waals surface area contributed by atoms with Crippen LogP contribution in [0.25, 0.3) is 11.1 Å². The maximum atomic E-state index is 14.7. The van der Waals surface area contributed by atoms with Crippen molar-refractivity contribution < 1.29 is 53.0 Å². The van der Waals surface area contributed by atoms with Crippen LogP contribution in [0.3, 0.4) is 0 Å². The molecule has 0 atom stereocenters. The molecule has 0 N–H and O–H groups in total. The van der Waals surface area contributed by atoms with Crippen LogP contribution >= 0.6 is 0 Å². The maximum absolute atomic E-state index is 14.7. The van der Waals surface area contributed by atoms with Crippen molar-refractivity contribution in [3.8, 4) is 28.7 Å². The molecule has 0 aliphatic rings. The highest BCUT2D eigenvalue weighted by Crippen LogP contribution is 2.38. The summed E-state index contributed by atoms with van der Waals surface area (Å²) in [5, 5.41) is 0. The highest BCUT2D eigenvalue weighted by Gasteiger charge is 2.41. The Balaban J connectivity index is 1.53. The second kappa shape index (κ2) is 12.6. The van der Waals surface area contributed by atoms with Crippen LogP contribution in [0.4, 0.5) is 48.3 Å². The number of rotatable bonds is 7. The molecule has 0 saturated heterocycles. The van der Waals surface area contributed by atoms with E-state index < -0.39 is 75.2 Å². The number of aryl methyl sites for hydroxylation is 1. The fraction of sp³-hybridized carbons (Fsp3) is 0.188. The zero-order chi connectivity index (χ0) is 32.4. The zero-order valence-electron chi connectivity index (χ0n) is 22.5. The van der Waals surface area contributed by atoms with Gasteiger partial charge in [0.05, 0.1) is 5.56 Å². The van der Waals surface area contributed by atoms with Crippen molar-refractivity contribution in [2.75, 3.05) is 0 Å². The van der Waals surface area contributed by atoms with Crippen LogP contribution in [0.1, 0.15) is 47.6 Å². The van der Waals surface area contributed by atoms with Crippen LogP contribution in [-0.2, 0) is 18.7 Å². The molecule has 0 amide bonds. The molecule has 0 aromatic heterocycles. The first-order valence-electron chi connectivity index (χ1n) is 12.8. The number of hydrogen-bond acceptors (Lipinski definition) is 1. The Bertz CT molecular complexity index is 1680. The van der Waals surface area contributed by atoms with Gasteiger partial charge in [-0.1, -0.05) is 25.2 Å². The lowest BCUT2D eigenvalue weighted by Gasteiger charge is -2.20. The quantitative estimate of drug-likeness (QED) is 0.146. The number of benzene rings is 4. The molecule has 0 fully saturated rings. The molecule has 0 heterocycles. The number of hydrogen-bond donors (Lipinski definition) is 0. The topological polar surface area (TPSA) is 9.23 Å². The summed E-state index contributed by atoms with van der Waals surface area (Å²) in [5.74, 6) is -5.42. The van der Waals surface area contributed by atoms with Crippen LogP contribution in [0.5, 0.6) is 5.75 Å². The van der Waals surface area contributed by atoms with E-state index in [1.807, 2.05) is 6.92 Å². The molecule has 4 aromatic carbocycles. The Labute approximate surface area is 243 Å². The molecular formula is C32H19F11O. The first-order chi connectivity index (χ1) is 20.6. The molecule has 44 heavy (non-hydrogen) atoms. The van der Waals surface area contributed by atoms with Crippen molar-refractivity contribution in [3.63, 3.8) is 0 Å². The van der Waals surface area contributed by atoms with Gasteiger partial charge in [-0.2, -0.15) is 22.0 Å². The van der Waals surface area contributed by atoms with Crippen molar-refractivity contribution in [2.45, 2.75) is 38.5 Å². The number of halogens is 11. The van der Waals surface area contributed by atoms with Crippen molar-refractivity contribution >= 4 is 0 Å². The minimum absolute atomic E-state index is 0.134. The van der Waals surface area contributed by atoms with Crippen molar-refractivity contribution in [3.05, 3.63) is 123 Å². The first-order valence-corrected chi connectivity index (χ1v) is 12.8. The predicted molar refractivity (Wildman–Crippen MR) is 139 cm³/mol. The smallest absolute Gasteiger partial charge is 0.429 e. The van der Waals surface area contributed by atoms with E-state index in [9.17, 15) is 48.3 Å². The van der Waals surface area contributed by atoms with Gasteiger partial charge in [-0.15, -0.1) is 0 Å². The van der Waals surface area contributed by atoms with Crippen LogP contribution in [0, 0.1) is 46.7 Å². The van der Waals surface area contributed by atoms with Crippen LogP contribution < -0.4 is 4.74 Å². The molecule has 0 aliphatic carbocycles. The Morgan fingerprint density at radius 3 is 1.61 bits per heavy atom. The third kappa shape index (κ3) is 7.15. The Kier molecular flexibility index (Phi) is 9.27. The second-order valence-electron chi connectivity index (χ2n) is 9.56. The third-order valence-corrected chi connectivity index (χ3v) is 6.32. The zero-order valence-corrected chi connectivity index (χ0v) is 22.5. The Hall–Kier alpha value is -4.53. The molecule has 12 heteroatoms. The lowest BCUT2D eigenvalue weighted by atomic mass is 10.00. The summed E-state index contributed by atoms with van der Waals surface area (Å²) in [5.41, 5.74) is -5.50. The van der Waals surface area contributed by atoms with Gasteiger partial charge in [-0.3, -0.25) is 0 Å². The molecule has 0 bridgehead atoms. The van der Waals surface area contributed by atoms with Gasteiger partial charge in [0.1, 0.15) is 51.8 Å². The van der Waals surface area contributed by atoms with E-state index in [1.54, 1.807) is 0 Å². The van der Waals surface area contributed by atoms with Gasteiger partial charge in [-0.25, -0.2) is 26.3 Å². The van der Waals surface area contributed by atoms with Crippen LogP contribution in [0.15, 0.2) is 60.7 Å². The lowest BCUT2D eigenvalue weighted by Crippen LogP contribution is -2.25. The minimum atomic E-state index is -5.37. The van der Waals surface area contributed by atoms with E-state index in [0.29, 0.717) is 25.0 Å². The molecule has 0 spiro atoms. The third-order valence-electron chi connectivity index (χ3n) is 6.32. The summed E-state index contributed by atoms with van der Waals surface area (Å²) in [6, 6.07) is 7.67.